The Morgan fingerprint density at radius 3 is 2.64 bits per heavy atom. The molecule has 2 aliphatic heterocycles. The molecule has 7 heteroatoms. The Balaban J connectivity index is 1.54. The van der Waals surface area contributed by atoms with E-state index in [-0.39, 0.29) is 43.0 Å². The van der Waals surface area contributed by atoms with Gasteiger partial charge in [0.1, 0.15) is 0 Å². The van der Waals surface area contributed by atoms with Crippen molar-refractivity contribution in [1.82, 2.24) is 0 Å². The summed E-state index contributed by atoms with van der Waals surface area (Å²) in [6.07, 6.45) is 7.51. The van der Waals surface area contributed by atoms with E-state index < -0.39 is 12.1 Å². The number of rotatable bonds is 10. The van der Waals surface area contributed by atoms with E-state index in [1.807, 2.05) is 6.92 Å². The van der Waals surface area contributed by atoms with Crippen molar-refractivity contribution in [2.45, 2.75) is 102 Å². The highest BCUT2D eigenvalue weighted by Crippen LogP contribution is 2.43. The van der Waals surface area contributed by atoms with Gasteiger partial charge < -0.3 is 29.2 Å². The summed E-state index contributed by atoms with van der Waals surface area (Å²) < 4.78 is 23.7. The first-order valence-electron chi connectivity index (χ1n) is 11.0. The Bertz CT molecular complexity index is 479. The summed E-state index contributed by atoms with van der Waals surface area (Å²) >= 11 is 0. The van der Waals surface area contributed by atoms with Crippen LogP contribution >= 0.6 is 0 Å². The molecular formula is C21H36O7. The van der Waals surface area contributed by atoms with Gasteiger partial charge in [0.2, 0.25) is 0 Å². The molecule has 7 atom stereocenters. The van der Waals surface area contributed by atoms with Gasteiger partial charge in [-0.2, -0.15) is 0 Å². The first-order valence-corrected chi connectivity index (χ1v) is 11.0. The van der Waals surface area contributed by atoms with Gasteiger partial charge >= 0.3 is 5.97 Å². The van der Waals surface area contributed by atoms with Crippen LogP contribution in [0.5, 0.6) is 0 Å². The minimum absolute atomic E-state index is 0.0576. The maximum absolute atomic E-state index is 10.8. The highest BCUT2D eigenvalue weighted by atomic mass is 16.7. The molecule has 0 bridgehead atoms. The van der Waals surface area contributed by atoms with E-state index in [9.17, 15) is 9.90 Å². The molecule has 2 unspecified atom stereocenters. The third-order valence-electron chi connectivity index (χ3n) is 6.33. The van der Waals surface area contributed by atoms with Crippen LogP contribution in [0.15, 0.2) is 0 Å². The quantitative estimate of drug-likeness (QED) is 0.544. The fourth-order valence-electron chi connectivity index (χ4n) is 4.93. The molecule has 2 saturated heterocycles. The standard InChI is InChI=1S/C21H36O7/c1-14-26-13-18(27-14)21-15(8-4-2-3-5-9-19(23)24)16(22)12-17(21)28-20-10-6-7-11-25-20/h14-18,20-22H,2-13H2,1H3,(H,23,24)/t14?,15-,16-,17+,18-,20?,21+/m0/s1. The van der Waals surface area contributed by atoms with Crippen molar-refractivity contribution in [3.63, 3.8) is 0 Å². The van der Waals surface area contributed by atoms with Gasteiger partial charge in [-0.05, 0) is 44.9 Å². The zero-order valence-corrected chi connectivity index (χ0v) is 17.0. The van der Waals surface area contributed by atoms with Crippen LogP contribution in [0, 0.1) is 11.8 Å². The molecule has 0 amide bonds. The summed E-state index contributed by atoms with van der Waals surface area (Å²) in [5.41, 5.74) is 0. The average molecular weight is 401 g/mol. The highest BCUT2D eigenvalue weighted by Gasteiger charge is 2.49. The largest absolute Gasteiger partial charge is 0.481 e. The van der Waals surface area contributed by atoms with Gasteiger partial charge in [-0.15, -0.1) is 0 Å². The Morgan fingerprint density at radius 1 is 1.14 bits per heavy atom. The van der Waals surface area contributed by atoms with E-state index in [0.717, 1.165) is 51.6 Å². The fraction of sp³-hybridized carbons (Fsp3) is 0.952. The number of ether oxygens (including phenoxy) is 4. The second kappa shape index (κ2) is 10.9. The summed E-state index contributed by atoms with van der Waals surface area (Å²) in [6, 6.07) is 0. The Labute approximate surface area is 167 Å². The minimum atomic E-state index is -0.733. The van der Waals surface area contributed by atoms with Crippen molar-refractivity contribution < 1.29 is 34.0 Å². The van der Waals surface area contributed by atoms with Crippen LogP contribution in [0.4, 0.5) is 0 Å². The summed E-state index contributed by atoms with van der Waals surface area (Å²) in [4.78, 5) is 10.6. The topological polar surface area (TPSA) is 94.5 Å². The number of carboxylic acid groups (broad SMARTS) is 1. The zero-order chi connectivity index (χ0) is 19.9. The summed E-state index contributed by atoms with van der Waals surface area (Å²) in [5.74, 6) is -0.514. The maximum atomic E-state index is 10.8. The van der Waals surface area contributed by atoms with Crippen LogP contribution in [-0.4, -0.2) is 60.3 Å². The number of aliphatic hydroxyl groups is 1. The molecule has 28 heavy (non-hydrogen) atoms. The zero-order valence-electron chi connectivity index (χ0n) is 17.0. The predicted octanol–water partition coefficient (Wildman–Crippen LogP) is 3.08. The maximum Gasteiger partial charge on any atom is 0.303 e. The molecular weight excluding hydrogens is 364 g/mol. The highest BCUT2D eigenvalue weighted by molar-refractivity contribution is 5.66. The first kappa shape index (κ1) is 22.0. The molecule has 0 radical (unpaired) electrons. The summed E-state index contributed by atoms with van der Waals surface area (Å²) in [7, 11) is 0. The number of hydrogen-bond acceptors (Lipinski definition) is 6. The van der Waals surface area contributed by atoms with E-state index in [0.29, 0.717) is 19.4 Å². The number of carboxylic acids is 1. The van der Waals surface area contributed by atoms with Crippen molar-refractivity contribution in [1.29, 1.82) is 0 Å². The van der Waals surface area contributed by atoms with Crippen molar-refractivity contribution in [3.05, 3.63) is 0 Å². The molecule has 7 nitrogen and oxygen atoms in total. The average Bonchev–Trinajstić information content (AvgIpc) is 3.21. The third-order valence-corrected chi connectivity index (χ3v) is 6.33. The number of hydrogen-bond donors (Lipinski definition) is 2. The van der Waals surface area contributed by atoms with Crippen LogP contribution in [0.2, 0.25) is 0 Å². The third kappa shape index (κ3) is 6.13. The minimum Gasteiger partial charge on any atom is -0.481 e. The van der Waals surface area contributed by atoms with Crippen LogP contribution in [0.25, 0.3) is 0 Å². The van der Waals surface area contributed by atoms with Gasteiger partial charge in [-0.3, -0.25) is 4.79 Å². The summed E-state index contributed by atoms with van der Waals surface area (Å²) in [6.45, 7) is 3.19. The number of aliphatic carboxylic acids is 1. The van der Waals surface area contributed by atoms with E-state index in [1.165, 1.54) is 0 Å². The van der Waals surface area contributed by atoms with Crippen LogP contribution < -0.4 is 0 Å². The molecule has 3 rings (SSSR count). The SMILES string of the molecule is CC1OC[C@@H]([C@@H]2[C@@H](CCCCCCC(=O)O)[C@@H](O)C[C@H]2OC2CCCCO2)O1. The monoisotopic (exact) mass is 400 g/mol. The number of carbonyl (C=O) groups is 1. The molecule has 0 spiro atoms. The smallest absolute Gasteiger partial charge is 0.303 e. The van der Waals surface area contributed by atoms with E-state index in [1.54, 1.807) is 0 Å². The molecule has 162 valence electrons. The molecule has 2 N–H and O–H groups in total. The fourth-order valence-corrected chi connectivity index (χ4v) is 4.93. The van der Waals surface area contributed by atoms with Gasteiger partial charge in [0.05, 0.1) is 24.9 Å². The molecule has 0 aromatic heterocycles. The van der Waals surface area contributed by atoms with E-state index >= 15 is 0 Å². The molecule has 2 heterocycles. The molecule has 0 aromatic rings. The second-order valence-electron chi connectivity index (χ2n) is 8.44. The lowest BCUT2D eigenvalue weighted by Gasteiger charge is -2.33. The van der Waals surface area contributed by atoms with Crippen molar-refractivity contribution in [3.8, 4) is 0 Å². The van der Waals surface area contributed by atoms with Crippen LogP contribution in [-0.2, 0) is 23.7 Å². The lowest BCUT2D eigenvalue weighted by atomic mass is 9.84. The van der Waals surface area contributed by atoms with Crippen LogP contribution in [0.3, 0.4) is 0 Å². The van der Waals surface area contributed by atoms with Crippen molar-refractivity contribution >= 4 is 5.97 Å². The van der Waals surface area contributed by atoms with Gasteiger partial charge in [-0.1, -0.05) is 19.3 Å². The first-order chi connectivity index (χ1) is 13.5. The van der Waals surface area contributed by atoms with Gasteiger partial charge in [0, 0.05) is 25.4 Å². The normalized spacial score (nSPS) is 38.7. The predicted molar refractivity (Wildman–Crippen MR) is 102 cm³/mol. The van der Waals surface area contributed by atoms with Crippen molar-refractivity contribution in [2.24, 2.45) is 11.8 Å². The van der Waals surface area contributed by atoms with Gasteiger partial charge in [0.25, 0.3) is 0 Å². The molecule has 3 aliphatic rings. The van der Waals surface area contributed by atoms with Gasteiger partial charge in [-0.25, -0.2) is 0 Å². The number of aliphatic hydroxyl groups excluding tert-OH is 1. The Hall–Kier alpha value is -0.730. The van der Waals surface area contributed by atoms with E-state index in [2.05, 4.69) is 0 Å². The molecule has 1 aliphatic carbocycles. The Kier molecular flexibility index (Phi) is 8.53. The van der Waals surface area contributed by atoms with E-state index in [4.69, 9.17) is 24.1 Å². The second-order valence-corrected chi connectivity index (χ2v) is 8.44. The van der Waals surface area contributed by atoms with Gasteiger partial charge in [0.15, 0.2) is 12.6 Å². The van der Waals surface area contributed by atoms with Crippen LogP contribution in [0.1, 0.15) is 71.1 Å². The molecule has 1 saturated carbocycles. The lowest BCUT2D eigenvalue weighted by Crippen LogP contribution is -2.39. The van der Waals surface area contributed by atoms with Crippen molar-refractivity contribution in [2.75, 3.05) is 13.2 Å². The molecule has 3 fully saturated rings. The lowest BCUT2D eigenvalue weighted by molar-refractivity contribution is -0.203. The summed E-state index contributed by atoms with van der Waals surface area (Å²) in [5, 5.41) is 19.5. The molecule has 0 aromatic carbocycles. The Morgan fingerprint density at radius 2 is 1.96 bits per heavy atom. The number of unbranched alkanes of at least 4 members (excludes halogenated alkanes) is 3.